The second kappa shape index (κ2) is 6.61. The molecule has 1 unspecified atom stereocenters. The van der Waals surface area contributed by atoms with Crippen molar-refractivity contribution < 1.29 is 13.2 Å². The lowest BCUT2D eigenvalue weighted by Gasteiger charge is -2.23. The van der Waals surface area contributed by atoms with Gasteiger partial charge in [0.05, 0.1) is 12.0 Å². The highest BCUT2D eigenvalue weighted by Crippen LogP contribution is 2.31. The third kappa shape index (κ3) is 3.20. The van der Waals surface area contributed by atoms with Gasteiger partial charge in [0, 0.05) is 27.7 Å². The average Bonchev–Trinajstić information content (AvgIpc) is 2.98. The fraction of sp³-hybridized carbons (Fsp3) is 0.263. The molecule has 0 radical (unpaired) electrons. The summed E-state index contributed by atoms with van der Waals surface area (Å²) >= 11 is 6.07. The molecule has 0 bridgehead atoms. The fourth-order valence-corrected chi connectivity index (χ4v) is 4.98. The van der Waals surface area contributed by atoms with Crippen LogP contribution in [-0.2, 0) is 22.9 Å². The van der Waals surface area contributed by atoms with Crippen LogP contribution in [-0.4, -0.2) is 26.6 Å². The van der Waals surface area contributed by atoms with E-state index >= 15 is 0 Å². The molecule has 0 saturated heterocycles. The van der Waals surface area contributed by atoms with Crippen molar-refractivity contribution in [1.82, 2.24) is 9.71 Å². The molecular weight excluding hydrogens is 372 g/mol. The highest BCUT2D eigenvalue weighted by Gasteiger charge is 2.26. The van der Waals surface area contributed by atoms with Gasteiger partial charge in [0.1, 0.15) is 5.75 Å². The van der Waals surface area contributed by atoms with Crippen molar-refractivity contribution in [2.24, 2.45) is 0 Å². The normalized spacial score (nSPS) is 17.2. The van der Waals surface area contributed by atoms with Gasteiger partial charge in [-0.2, -0.15) is 0 Å². The van der Waals surface area contributed by atoms with Gasteiger partial charge in [0.15, 0.2) is 0 Å². The number of benzene rings is 2. The molecule has 0 spiro atoms. The van der Waals surface area contributed by atoms with Gasteiger partial charge in [-0.05, 0) is 61.2 Å². The van der Waals surface area contributed by atoms with Crippen LogP contribution in [0, 0.1) is 0 Å². The minimum Gasteiger partial charge on any atom is -0.497 e. The number of halogens is 1. The lowest BCUT2D eigenvalue weighted by atomic mass is 9.92. The number of fused-ring (bicyclic) bond motifs is 3. The predicted octanol–water partition coefficient (Wildman–Crippen LogP) is 3.67. The van der Waals surface area contributed by atoms with Gasteiger partial charge in [-0.1, -0.05) is 17.7 Å². The molecule has 2 N–H and O–H groups in total. The monoisotopic (exact) mass is 390 g/mol. The van der Waals surface area contributed by atoms with Gasteiger partial charge in [0.25, 0.3) is 0 Å². The molecule has 0 amide bonds. The maximum atomic E-state index is 12.7. The van der Waals surface area contributed by atoms with E-state index in [-0.39, 0.29) is 10.9 Å². The summed E-state index contributed by atoms with van der Waals surface area (Å²) in [4.78, 5) is 3.65. The first-order valence-corrected chi connectivity index (χ1v) is 10.3. The predicted molar refractivity (Wildman–Crippen MR) is 102 cm³/mol. The van der Waals surface area contributed by atoms with Gasteiger partial charge < -0.3 is 9.72 Å². The maximum absolute atomic E-state index is 12.7. The Hall–Kier alpha value is -2.02. The smallest absolute Gasteiger partial charge is 0.240 e. The quantitative estimate of drug-likeness (QED) is 0.714. The molecule has 7 heteroatoms. The highest BCUT2D eigenvalue weighted by atomic mass is 35.5. The van der Waals surface area contributed by atoms with Crippen molar-refractivity contribution >= 4 is 32.5 Å². The van der Waals surface area contributed by atoms with E-state index < -0.39 is 10.0 Å². The van der Waals surface area contributed by atoms with Gasteiger partial charge in [0.2, 0.25) is 10.0 Å². The van der Waals surface area contributed by atoms with Crippen LogP contribution in [0.25, 0.3) is 10.9 Å². The number of hydrogen-bond acceptors (Lipinski definition) is 3. The van der Waals surface area contributed by atoms with Crippen molar-refractivity contribution in [2.45, 2.75) is 30.2 Å². The first-order chi connectivity index (χ1) is 12.5. The van der Waals surface area contributed by atoms with Crippen LogP contribution in [0.15, 0.2) is 47.4 Å². The zero-order chi connectivity index (χ0) is 18.3. The molecule has 4 rings (SSSR count). The van der Waals surface area contributed by atoms with Gasteiger partial charge in [-0.25, -0.2) is 13.1 Å². The molecule has 3 aromatic rings. The molecule has 0 aliphatic heterocycles. The number of rotatable bonds is 4. The van der Waals surface area contributed by atoms with Gasteiger partial charge in [-0.15, -0.1) is 0 Å². The van der Waals surface area contributed by atoms with Crippen LogP contribution < -0.4 is 9.46 Å². The first kappa shape index (κ1) is 17.4. The summed E-state index contributed by atoms with van der Waals surface area (Å²) in [6.07, 6.45) is 2.22. The van der Waals surface area contributed by atoms with E-state index in [0.29, 0.717) is 17.2 Å². The topological polar surface area (TPSA) is 71.2 Å². The van der Waals surface area contributed by atoms with Crippen molar-refractivity contribution in [3.8, 4) is 5.75 Å². The number of aromatic amines is 1. The summed E-state index contributed by atoms with van der Waals surface area (Å²) in [5.74, 6) is 0.628. The SMILES string of the molecule is COc1ccc(S(=O)(=O)NC2CCc3[nH]c4cc(Cl)ccc4c3C2)cc1. The summed E-state index contributed by atoms with van der Waals surface area (Å²) in [5.41, 5.74) is 3.34. The second-order valence-electron chi connectivity index (χ2n) is 6.51. The maximum Gasteiger partial charge on any atom is 0.240 e. The van der Waals surface area contributed by atoms with Gasteiger partial charge in [-0.3, -0.25) is 0 Å². The van der Waals surface area contributed by atoms with E-state index in [9.17, 15) is 8.42 Å². The molecule has 136 valence electrons. The third-order valence-electron chi connectivity index (χ3n) is 4.84. The Bertz CT molecular complexity index is 1060. The largest absolute Gasteiger partial charge is 0.497 e. The summed E-state index contributed by atoms with van der Waals surface area (Å²) in [6, 6.07) is 12.0. The van der Waals surface area contributed by atoms with E-state index in [1.807, 2.05) is 18.2 Å². The molecule has 1 aromatic heterocycles. The third-order valence-corrected chi connectivity index (χ3v) is 6.61. The molecule has 1 heterocycles. The van der Waals surface area contributed by atoms with Crippen LogP contribution in [0.4, 0.5) is 0 Å². The molecule has 26 heavy (non-hydrogen) atoms. The second-order valence-corrected chi connectivity index (χ2v) is 8.66. The lowest BCUT2D eigenvalue weighted by Crippen LogP contribution is -2.38. The minimum absolute atomic E-state index is 0.135. The molecule has 0 fully saturated rings. The number of aryl methyl sites for hydroxylation is 1. The van der Waals surface area contributed by atoms with Crippen molar-refractivity contribution in [3.05, 3.63) is 58.7 Å². The Morgan fingerprint density at radius 3 is 2.69 bits per heavy atom. The Kier molecular flexibility index (Phi) is 4.42. The molecule has 2 aromatic carbocycles. The van der Waals surface area contributed by atoms with Crippen molar-refractivity contribution in [2.75, 3.05) is 7.11 Å². The average molecular weight is 391 g/mol. The molecule has 0 saturated carbocycles. The molecule has 1 aliphatic rings. The number of methoxy groups -OCH3 is 1. The van der Waals surface area contributed by atoms with Crippen LogP contribution >= 0.6 is 11.6 Å². The number of sulfonamides is 1. The number of nitrogens with one attached hydrogen (secondary N) is 2. The Balaban J connectivity index is 1.57. The van der Waals surface area contributed by atoms with Crippen molar-refractivity contribution in [1.29, 1.82) is 0 Å². The van der Waals surface area contributed by atoms with E-state index in [2.05, 4.69) is 9.71 Å². The fourth-order valence-electron chi connectivity index (χ4n) is 3.54. The van der Waals surface area contributed by atoms with E-state index in [0.717, 1.165) is 23.7 Å². The Labute approximate surface area is 157 Å². The summed E-state index contributed by atoms with van der Waals surface area (Å²) < 4.78 is 33.3. The lowest BCUT2D eigenvalue weighted by molar-refractivity contribution is 0.414. The van der Waals surface area contributed by atoms with Crippen molar-refractivity contribution in [3.63, 3.8) is 0 Å². The molecule has 5 nitrogen and oxygen atoms in total. The van der Waals surface area contributed by atoms with Crippen LogP contribution in [0.1, 0.15) is 17.7 Å². The number of aromatic nitrogens is 1. The molecule has 1 atom stereocenters. The van der Waals surface area contributed by atoms with Crippen LogP contribution in [0.5, 0.6) is 5.75 Å². The van der Waals surface area contributed by atoms with Crippen LogP contribution in [0.2, 0.25) is 5.02 Å². The summed E-state index contributed by atoms with van der Waals surface area (Å²) in [7, 11) is -2.02. The van der Waals surface area contributed by atoms with E-state index in [1.165, 1.54) is 11.3 Å². The zero-order valence-corrected chi connectivity index (χ0v) is 15.8. The molecular formula is C19H19ClN2O3S. The zero-order valence-electron chi connectivity index (χ0n) is 14.3. The first-order valence-electron chi connectivity index (χ1n) is 8.41. The number of ether oxygens (including phenoxy) is 1. The van der Waals surface area contributed by atoms with Gasteiger partial charge >= 0.3 is 0 Å². The Morgan fingerprint density at radius 2 is 1.96 bits per heavy atom. The summed E-state index contributed by atoms with van der Waals surface area (Å²) in [5, 5.41) is 1.80. The van der Waals surface area contributed by atoms with E-state index in [4.69, 9.17) is 16.3 Å². The Morgan fingerprint density at radius 1 is 1.19 bits per heavy atom. The minimum atomic E-state index is -3.57. The summed E-state index contributed by atoms with van der Waals surface area (Å²) in [6.45, 7) is 0. The standard InChI is InChI=1S/C19H19ClN2O3S/c1-25-14-4-6-15(7-5-14)26(23,24)22-13-3-9-18-17(11-13)16-8-2-12(20)10-19(16)21-18/h2,4-8,10,13,21-22H,3,9,11H2,1H3. The number of hydrogen-bond donors (Lipinski definition) is 2. The highest BCUT2D eigenvalue weighted by molar-refractivity contribution is 7.89. The van der Waals surface area contributed by atoms with E-state index in [1.54, 1.807) is 31.4 Å². The van der Waals surface area contributed by atoms with Crippen LogP contribution in [0.3, 0.4) is 0 Å². The molecule has 1 aliphatic carbocycles. The number of H-pyrrole nitrogens is 1.